The molecule has 0 saturated heterocycles. The second-order valence-corrected chi connectivity index (χ2v) is 6.61. The largest absolute Gasteiger partial charge is 0.340 e. The first-order valence-electron chi connectivity index (χ1n) is 9.10. The molecule has 2 N–H and O–H groups in total. The van der Waals surface area contributed by atoms with E-state index in [1.165, 1.54) is 0 Å². The van der Waals surface area contributed by atoms with Gasteiger partial charge in [0.2, 0.25) is 5.91 Å². The summed E-state index contributed by atoms with van der Waals surface area (Å²) in [6, 6.07) is 17.9. The zero-order valence-corrected chi connectivity index (χ0v) is 15.5. The molecule has 27 heavy (non-hydrogen) atoms. The third kappa shape index (κ3) is 4.50. The van der Waals surface area contributed by atoms with E-state index in [1.807, 2.05) is 50.2 Å². The highest BCUT2D eigenvalue weighted by atomic mass is 16.2. The topological polar surface area (TPSA) is 71.1 Å². The standard InChI is InChI=1S/C22H23N3O2/c1-3-15(2)20(25-21(26)16-9-5-4-6-10-16)22(27)24-18-13-17-11-7-8-12-19(17)23-14-18/h4-15,20H,3H2,1-2H3,(H,24,27)(H,25,26)/t15-,20+/m1/s1. The van der Waals surface area contributed by atoms with Crippen LogP contribution in [0.3, 0.4) is 0 Å². The molecular formula is C22H23N3O2. The molecule has 2 amide bonds. The third-order valence-electron chi connectivity index (χ3n) is 4.68. The summed E-state index contributed by atoms with van der Waals surface area (Å²) in [5.41, 5.74) is 2.01. The van der Waals surface area contributed by atoms with Crippen LogP contribution in [0.4, 0.5) is 5.69 Å². The molecule has 2 aromatic carbocycles. The van der Waals surface area contributed by atoms with Crippen LogP contribution in [0.5, 0.6) is 0 Å². The van der Waals surface area contributed by atoms with Crippen LogP contribution in [-0.2, 0) is 4.79 Å². The normalized spacial score (nSPS) is 13.0. The van der Waals surface area contributed by atoms with Crippen LogP contribution in [0.2, 0.25) is 0 Å². The van der Waals surface area contributed by atoms with Crippen LogP contribution >= 0.6 is 0 Å². The second kappa shape index (κ2) is 8.45. The lowest BCUT2D eigenvalue weighted by atomic mass is 9.97. The molecule has 0 radical (unpaired) electrons. The first kappa shape index (κ1) is 18.6. The van der Waals surface area contributed by atoms with Crippen LogP contribution in [0.25, 0.3) is 10.9 Å². The molecule has 138 valence electrons. The van der Waals surface area contributed by atoms with E-state index in [1.54, 1.807) is 30.5 Å². The van der Waals surface area contributed by atoms with Crippen molar-refractivity contribution in [2.75, 3.05) is 5.32 Å². The summed E-state index contributed by atoms with van der Waals surface area (Å²) in [4.78, 5) is 29.7. The Hall–Kier alpha value is -3.21. The number of nitrogens with zero attached hydrogens (tertiary/aromatic N) is 1. The van der Waals surface area contributed by atoms with Crippen molar-refractivity contribution >= 4 is 28.4 Å². The van der Waals surface area contributed by atoms with Crippen molar-refractivity contribution in [1.82, 2.24) is 10.3 Å². The summed E-state index contributed by atoms with van der Waals surface area (Å²) in [5.74, 6) is -0.510. The van der Waals surface area contributed by atoms with Gasteiger partial charge >= 0.3 is 0 Å². The van der Waals surface area contributed by atoms with Crippen molar-refractivity contribution in [1.29, 1.82) is 0 Å². The van der Waals surface area contributed by atoms with Crippen LogP contribution in [0.1, 0.15) is 30.6 Å². The molecule has 3 aromatic rings. The maximum atomic E-state index is 12.9. The Morgan fingerprint density at radius 1 is 1.04 bits per heavy atom. The van der Waals surface area contributed by atoms with Gasteiger partial charge in [0.05, 0.1) is 17.4 Å². The number of carbonyl (C=O) groups excluding carboxylic acids is 2. The van der Waals surface area contributed by atoms with Gasteiger partial charge in [-0.2, -0.15) is 0 Å². The van der Waals surface area contributed by atoms with Crippen LogP contribution < -0.4 is 10.6 Å². The lowest BCUT2D eigenvalue weighted by Crippen LogP contribution is -2.47. The summed E-state index contributed by atoms with van der Waals surface area (Å²) >= 11 is 0. The fourth-order valence-corrected chi connectivity index (χ4v) is 2.88. The van der Waals surface area contributed by atoms with Gasteiger partial charge in [-0.1, -0.05) is 56.7 Å². The zero-order valence-electron chi connectivity index (χ0n) is 15.5. The lowest BCUT2D eigenvalue weighted by molar-refractivity contribution is -0.119. The first-order chi connectivity index (χ1) is 13.1. The number of anilines is 1. The quantitative estimate of drug-likeness (QED) is 0.697. The highest BCUT2D eigenvalue weighted by Crippen LogP contribution is 2.17. The Kier molecular flexibility index (Phi) is 5.81. The molecule has 5 heteroatoms. The Morgan fingerprint density at radius 3 is 2.48 bits per heavy atom. The van der Waals surface area contributed by atoms with E-state index >= 15 is 0 Å². The predicted molar refractivity (Wildman–Crippen MR) is 108 cm³/mol. The van der Waals surface area contributed by atoms with E-state index in [0.29, 0.717) is 11.3 Å². The zero-order chi connectivity index (χ0) is 19.2. The summed E-state index contributed by atoms with van der Waals surface area (Å²) in [7, 11) is 0. The van der Waals surface area contributed by atoms with Gasteiger partial charge in [-0.05, 0) is 30.2 Å². The highest BCUT2D eigenvalue weighted by molar-refractivity contribution is 6.01. The number of hydrogen-bond acceptors (Lipinski definition) is 3. The van der Waals surface area contributed by atoms with E-state index in [0.717, 1.165) is 17.3 Å². The van der Waals surface area contributed by atoms with Crippen molar-refractivity contribution in [3.63, 3.8) is 0 Å². The average molecular weight is 361 g/mol. The van der Waals surface area contributed by atoms with Gasteiger partial charge in [0.25, 0.3) is 5.91 Å². The molecule has 0 spiro atoms. The van der Waals surface area contributed by atoms with Crippen LogP contribution in [-0.4, -0.2) is 22.8 Å². The third-order valence-corrected chi connectivity index (χ3v) is 4.68. The number of para-hydroxylation sites is 1. The van der Waals surface area contributed by atoms with Gasteiger partial charge in [0, 0.05) is 10.9 Å². The highest BCUT2D eigenvalue weighted by Gasteiger charge is 2.26. The summed E-state index contributed by atoms with van der Waals surface area (Å²) < 4.78 is 0. The van der Waals surface area contributed by atoms with Crippen LogP contribution in [0.15, 0.2) is 66.9 Å². The minimum absolute atomic E-state index is 0.00826. The fourth-order valence-electron chi connectivity index (χ4n) is 2.88. The van der Waals surface area contributed by atoms with Gasteiger partial charge in [0.15, 0.2) is 0 Å². The molecule has 5 nitrogen and oxygen atoms in total. The number of aromatic nitrogens is 1. The fraction of sp³-hybridized carbons (Fsp3) is 0.227. The SMILES string of the molecule is CC[C@@H](C)[C@H](NC(=O)c1ccccc1)C(=O)Nc1cnc2ccccc2c1. The van der Waals surface area contributed by atoms with Crippen molar-refractivity contribution in [2.24, 2.45) is 5.92 Å². The van der Waals surface area contributed by atoms with Crippen molar-refractivity contribution in [3.8, 4) is 0 Å². The van der Waals surface area contributed by atoms with Crippen molar-refractivity contribution in [3.05, 3.63) is 72.4 Å². The van der Waals surface area contributed by atoms with E-state index in [2.05, 4.69) is 15.6 Å². The average Bonchev–Trinajstić information content (AvgIpc) is 2.71. The number of fused-ring (bicyclic) bond motifs is 1. The van der Waals surface area contributed by atoms with Crippen molar-refractivity contribution < 1.29 is 9.59 Å². The Balaban J connectivity index is 1.77. The van der Waals surface area contributed by atoms with Gasteiger partial charge in [-0.3, -0.25) is 14.6 Å². The molecule has 3 rings (SSSR count). The van der Waals surface area contributed by atoms with Gasteiger partial charge in [0.1, 0.15) is 6.04 Å². The Morgan fingerprint density at radius 2 is 1.74 bits per heavy atom. The number of pyridine rings is 1. The molecule has 1 aromatic heterocycles. The smallest absolute Gasteiger partial charge is 0.251 e. The lowest BCUT2D eigenvalue weighted by Gasteiger charge is -2.23. The van der Waals surface area contributed by atoms with Gasteiger partial charge < -0.3 is 10.6 Å². The molecule has 2 atom stereocenters. The summed E-state index contributed by atoms with van der Waals surface area (Å²) in [5, 5.41) is 6.71. The predicted octanol–water partition coefficient (Wildman–Crippen LogP) is 4.02. The molecule has 0 aliphatic heterocycles. The molecule has 0 saturated carbocycles. The molecule has 1 heterocycles. The van der Waals surface area contributed by atoms with E-state index in [-0.39, 0.29) is 17.7 Å². The molecule has 0 unspecified atom stereocenters. The number of carbonyl (C=O) groups is 2. The summed E-state index contributed by atoms with van der Waals surface area (Å²) in [6.45, 7) is 3.95. The minimum atomic E-state index is -0.630. The number of benzene rings is 2. The number of amides is 2. The molecule has 0 aliphatic carbocycles. The van der Waals surface area contributed by atoms with Crippen molar-refractivity contribution in [2.45, 2.75) is 26.3 Å². The first-order valence-corrected chi connectivity index (χ1v) is 9.10. The van der Waals surface area contributed by atoms with Crippen LogP contribution in [0, 0.1) is 5.92 Å². The second-order valence-electron chi connectivity index (χ2n) is 6.61. The molecule has 0 fully saturated rings. The molecule has 0 aliphatic rings. The maximum Gasteiger partial charge on any atom is 0.251 e. The number of nitrogens with one attached hydrogen (secondary N) is 2. The minimum Gasteiger partial charge on any atom is -0.340 e. The van der Waals surface area contributed by atoms with Gasteiger partial charge in [-0.25, -0.2) is 0 Å². The monoisotopic (exact) mass is 361 g/mol. The molecule has 0 bridgehead atoms. The van der Waals surface area contributed by atoms with Gasteiger partial charge in [-0.15, -0.1) is 0 Å². The number of rotatable bonds is 6. The Labute approximate surface area is 158 Å². The number of hydrogen-bond donors (Lipinski definition) is 2. The summed E-state index contributed by atoms with van der Waals surface area (Å²) in [6.07, 6.45) is 2.40. The van der Waals surface area contributed by atoms with E-state index in [9.17, 15) is 9.59 Å². The van der Waals surface area contributed by atoms with E-state index in [4.69, 9.17) is 0 Å². The van der Waals surface area contributed by atoms with E-state index < -0.39 is 6.04 Å². The molecular weight excluding hydrogens is 338 g/mol. The maximum absolute atomic E-state index is 12.9. The Bertz CT molecular complexity index is 940.